The minimum Gasteiger partial charge on any atom is -0.444 e. The number of nitrogens with one attached hydrogen (secondary N) is 1. The molecular weight excluding hydrogens is 212 g/mol. The Balaban J connectivity index is 2.37. The number of hydrogen-bond donors (Lipinski definition) is 1. The topological polar surface area (TPSA) is 41.8 Å². The lowest BCUT2D eigenvalue weighted by Crippen LogP contribution is -1.75. The number of nitrogens with zero attached hydrogens (tertiary/aromatic N) is 1. The van der Waals surface area contributed by atoms with Crippen molar-refractivity contribution in [3.8, 4) is 11.5 Å². The molecule has 2 heterocycles. The molecule has 1 aromatic carbocycles. The van der Waals surface area contributed by atoms with Crippen LogP contribution in [0.4, 0.5) is 0 Å². The summed E-state index contributed by atoms with van der Waals surface area (Å²) in [5.41, 5.74) is 1.87. The lowest BCUT2D eigenvalue weighted by Gasteiger charge is -1.95. The minimum atomic E-state index is 0.578. The van der Waals surface area contributed by atoms with Gasteiger partial charge in [0.25, 0.3) is 0 Å². The first-order valence-electron chi connectivity index (χ1n) is 4.52. The summed E-state index contributed by atoms with van der Waals surface area (Å²) < 4.78 is 5.25. The number of H-pyrrole nitrogens is 1. The molecule has 0 saturated heterocycles. The Morgan fingerprint density at radius 1 is 1.33 bits per heavy atom. The number of rotatable bonds is 1. The number of halogens is 1. The van der Waals surface area contributed by atoms with E-state index in [4.69, 9.17) is 16.0 Å². The normalized spacial score (nSPS) is 11.0. The highest BCUT2D eigenvalue weighted by atomic mass is 35.5. The highest BCUT2D eigenvalue weighted by Gasteiger charge is 2.11. The first-order chi connectivity index (χ1) is 7.36. The quantitative estimate of drug-likeness (QED) is 0.680. The van der Waals surface area contributed by atoms with Gasteiger partial charge in [0, 0.05) is 17.1 Å². The number of oxazole rings is 1. The fourth-order valence-electron chi connectivity index (χ4n) is 1.67. The van der Waals surface area contributed by atoms with Gasteiger partial charge in [-0.25, -0.2) is 4.98 Å². The average molecular weight is 219 g/mol. The van der Waals surface area contributed by atoms with Crippen molar-refractivity contribution in [1.29, 1.82) is 0 Å². The average Bonchev–Trinajstić information content (AvgIpc) is 2.85. The van der Waals surface area contributed by atoms with E-state index in [1.807, 2.05) is 24.4 Å². The van der Waals surface area contributed by atoms with Gasteiger partial charge in [0.1, 0.15) is 6.26 Å². The van der Waals surface area contributed by atoms with E-state index in [1.165, 1.54) is 0 Å². The van der Waals surface area contributed by atoms with Gasteiger partial charge >= 0.3 is 0 Å². The number of fused-ring (bicyclic) bond motifs is 1. The third-order valence-electron chi connectivity index (χ3n) is 2.32. The molecule has 3 aromatic rings. The van der Waals surface area contributed by atoms with Crippen LogP contribution in [0.1, 0.15) is 0 Å². The Morgan fingerprint density at radius 2 is 2.27 bits per heavy atom. The zero-order chi connectivity index (χ0) is 10.3. The Kier molecular flexibility index (Phi) is 1.79. The van der Waals surface area contributed by atoms with Crippen LogP contribution >= 0.6 is 11.6 Å². The Hall–Kier alpha value is -1.74. The molecule has 0 bridgehead atoms. The van der Waals surface area contributed by atoms with E-state index in [1.54, 1.807) is 12.5 Å². The van der Waals surface area contributed by atoms with E-state index >= 15 is 0 Å². The second-order valence-corrected chi connectivity index (χ2v) is 3.61. The van der Waals surface area contributed by atoms with E-state index < -0.39 is 0 Å². The van der Waals surface area contributed by atoms with Crippen LogP contribution in [0.2, 0.25) is 5.02 Å². The Morgan fingerprint density at radius 3 is 3.07 bits per heavy atom. The van der Waals surface area contributed by atoms with E-state index in [9.17, 15) is 0 Å². The first kappa shape index (κ1) is 8.56. The smallest absolute Gasteiger partial charge is 0.228 e. The molecule has 0 aliphatic carbocycles. The molecule has 0 radical (unpaired) electrons. The maximum absolute atomic E-state index is 6.13. The van der Waals surface area contributed by atoms with E-state index in [0.717, 1.165) is 16.5 Å². The molecule has 0 amide bonds. The highest BCUT2D eigenvalue weighted by Crippen LogP contribution is 2.32. The van der Waals surface area contributed by atoms with Gasteiger partial charge < -0.3 is 9.40 Å². The molecule has 0 saturated carbocycles. The molecule has 4 heteroatoms. The number of hydrogen-bond acceptors (Lipinski definition) is 2. The monoisotopic (exact) mass is 218 g/mol. The molecule has 0 atom stereocenters. The van der Waals surface area contributed by atoms with Crippen LogP contribution in [0.25, 0.3) is 22.4 Å². The van der Waals surface area contributed by atoms with Crippen molar-refractivity contribution in [2.24, 2.45) is 0 Å². The summed E-state index contributed by atoms with van der Waals surface area (Å²) in [4.78, 5) is 7.24. The fraction of sp³-hybridized carbons (Fsp3) is 0. The molecule has 0 unspecified atom stereocenters. The van der Waals surface area contributed by atoms with Gasteiger partial charge in [0.05, 0.1) is 16.8 Å². The summed E-state index contributed by atoms with van der Waals surface area (Å²) in [6.45, 7) is 0. The number of aromatic nitrogens is 2. The van der Waals surface area contributed by atoms with Gasteiger partial charge in [-0.3, -0.25) is 0 Å². The first-order valence-corrected chi connectivity index (χ1v) is 4.89. The Labute approximate surface area is 90.7 Å². The molecule has 2 aromatic heterocycles. The fourth-order valence-corrected chi connectivity index (χ4v) is 1.94. The minimum absolute atomic E-state index is 0.578. The molecule has 74 valence electrons. The highest BCUT2D eigenvalue weighted by molar-refractivity contribution is 6.36. The van der Waals surface area contributed by atoms with Crippen molar-refractivity contribution in [3.63, 3.8) is 0 Å². The third kappa shape index (κ3) is 1.24. The maximum atomic E-state index is 6.13. The largest absolute Gasteiger partial charge is 0.444 e. The van der Waals surface area contributed by atoms with Crippen LogP contribution in [0.3, 0.4) is 0 Å². The molecule has 0 fully saturated rings. The van der Waals surface area contributed by atoms with Crippen molar-refractivity contribution in [2.45, 2.75) is 0 Å². The van der Waals surface area contributed by atoms with Gasteiger partial charge in [-0.2, -0.15) is 0 Å². The second kappa shape index (κ2) is 3.14. The van der Waals surface area contributed by atoms with Crippen LogP contribution in [-0.2, 0) is 0 Å². The van der Waals surface area contributed by atoms with Gasteiger partial charge in [-0.1, -0.05) is 17.7 Å². The molecule has 0 spiro atoms. The predicted octanol–water partition coefficient (Wildman–Crippen LogP) is 3.48. The molecule has 1 N–H and O–H groups in total. The zero-order valence-electron chi connectivity index (χ0n) is 7.70. The standard InChI is InChI=1S/C11H7ClN2O/c12-8-2-1-3-9-10(8)7(6-14-9)11-13-4-5-15-11/h1-6,14H. The Bertz CT molecular complexity index is 598. The zero-order valence-corrected chi connectivity index (χ0v) is 8.45. The number of aromatic amines is 1. The van der Waals surface area contributed by atoms with Gasteiger partial charge in [0.2, 0.25) is 5.89 Å². The summed E-state index contributed by atoms with van der Waals surface area (Å²) >= 11 is 6.13. The SMILES string of the molecule is Clc1cccc2[nH]cc(-c3ncco3)c12. The third-order valence-corrected chi connectivity index (χ3v) is 2.63. The van der Waals surface area contributed by atoms with Crippen molar-refractivity contribution in [2.75, 3.05) is 0 Å². The van der Waals surface area contributed by atoms with Crippen molar-refractivity contribution in [1.82, 2.24) is 9.97 Å². The van der Waals surface area contributed by atoms with Gasteiger partial charge in [-0.05, 0) is 12.1 Å². The van der Waals surface area contributed by atoms with Crippen molar-refractivity contribution < 1.29 is 4.42 Å². The second-order valence-electron chi connectivity index (χ2n) is 3.20. The van der Waals surface area contributed by atoms with Crippen molar-refractivity contribution >= 4 is 22.5 Å². The summed E-state index contributed by atoms with van der Waals surface area (Å²) in [7, 11) is 0. The molecule has 0 aliphatic rings. The summed E-state index contributed by atoms with van der Waals surface area (Å²) in [5, 5.41) is 1.64. The van der Waals surface area contributed by atoms with E-state index in [2.05, 4.69) is 9.97 Å². The van der Waals surface area contributed by atoms with Crippen molar-refractivity contribution in [3.05, 3.63) is 41.9 Å². The van der Waals surface area contributed by atoms with Gasteiger partial charge in [-0.15, -0.1) is 0 Å². The van der Waals surface area contributed by atoms with Crippen LogP contribution in [-0.4, -0.2) is 9.97 Å². The summed E-state index contributed by atoms with van der Waals surface area (Å²) in [6, 6.07) is 5.72. The summed E-state index contributed by atoms with van der Waals surface area (Å²) in [5.74, 6) is 0.578. The molecule has 3 nitrogen and oxygen atoms in total. The lowest BCUT2D eigenvalue weighted by atomic mass is 10.2. The van der Waals surface area contributed by atoms with Crippen LogP contribution < -0.4 is 0 Å². The van der Waals surface area contributed by atoms with E-state index in [0.29, 0.717) is 10.9 Å². The number of benzene rings is 1. The van der Waals surface area contributed by atoms with E-state index in [-0.39, 0.29) is 0 Å². The maximum Gasteiger partial charge on any atom is 0.228 e. The van der Waals surface area contributed by atoms with Crippen LogP contribution in [0.5, 0.6) is 0 Å². The lowest BCUT2D eigenvalue weighted by molar-refractivity contribution is 0.575. The molecule has 0 aliphatic heterocycles. The predicted molar refractivity (Wildman–Crippen MR) is 58.8 cm³/mol. The van der Waals surface area contributed by atoms with Crippen LogP contribution in [0.15, 0.2) is 41.3 Å². The van der Waals surface area contributed by atoms with Gasteiger partial charge in [0.15, 0.2) is 0 Å². The molecule has 15 heavy (non-hydrogen) atoms. The summed E-state index contributed by atoms with van der Waals surface area (Å²) in [6.07, 6.45) is 5.01. The van der Waals surface area contributed by atoms with Crippen LogP contribution in [0, 0.1) is 0 Å². The molecule has 3 rings (SSSR count). The molecular formula is C11H7ClN2O.